The number of hydrogen-bond acceptors (Lipinski definition) is 4. The number of likely N-dealkylation sites (N-methyl/N-ethyl adjacent to an activating group) is 1. The highest BCUT2D eigenvalue weighted by molar-refractivity contribution is 7.99. The average molecular weight is 345 g/mol. The van der Waals surface area contributed by atoms with Gasteiger partial charge in [0.1, 0.15) is 18.1 Å². The lowest BCUT2D eigenvalue weighted by Crippen LogP contribution is -2.31. The van der Waals surface area contributed by atoms with Crippen molar-refractivity contribution in [3.8, 4) is 11.5 Å². The fraction of sp³-hybridized carbons (Fsp3) is 0.316. The van der Waals surface area contributed by atoms with E-state index in [1.54, 1.807) is 23.8 Å². The number of amides is 1. The summed E-state index contributed by atoms with van der Waals surface area (Å²) in [5.74, 6) is 2.49. The van der Waals surface area contributed by atoms with Crippen molar-refractivity contribution < 1.29 is 14.3 Å². The number of ether oxygens (including phenoxy) is 2. The summed E-state index contributed by atoms with van der Waals surface area (Å²) in [5.41, 5.74) is 0. The van der Waals surface area contributed by atoms with Crippen LogP contribution < -0.4 is 9.47 Å². The molecular weight excluding hydrogens is 322 g/mol. The van der Waals surface area contributed by atoms with E-state index in [1.807, 2.05) is 49.5 Å². The van der Waals surface area contributed by atoms with Crippen molar-refractivity contribution in [2.75, 3.05) is 33.1 Å². The largest absolute Gasteiger partial charge is 0.497 e. The van der Waals surface area contributed by atoms with Crippen LogP contribution in [0.3, 0.4) is 0 Å². The summed E-state index contributed by atoms with van der Waals surface area (Å²) < 4.78 is 10.7. The Kier molecular flexibility index (Phi) is 7.49. The number of thioether (sulfide) groups is 1. The third-order valence-electron chi connectivity index (χ3n) is 3.51. The van der Waals surface area contributed by atoms with Crippen LogP contribution in [0.1, 0.15) is 6.42 Å². The smallest absolute Gasteiger partial charge is 0.223 e. The average Bonchev–Trinajstić information content (AvgIpc) is 2.63. The Balaban J connectivity index is 1.64. The highest BCUT2D eigenvalue weighted by Gasteiger charge is 2.08. The minimum absolute atomic E-state index is 0.136. The lowest BCUT2D eigenvalue weighted by atomic mass is 10.3. The Morgan fingerprint density at radius 1 is 1.04 bits per heavy atom. The second-order valence-electron chi connectivity index (χ2n) is 5.25. The number of carbonyl (C=O) groups excluding carboxylic acids is 1. The lowest BCUT2D eigenvalue weighted by molar-refractivity contribution is -0.129. The van der Waals surface area contributed by atoms with Gasteiger partial charge in [0.25, 0.3) is 0 Å². The second-order valence-corrected chi connectivity index (χ2v) is 6.42. The predicted octanol–water partition coefficient (Wildman–Crippen LogP) is 3.71. The standard InChI is InChI=1S/C19H23NO3S/c1-20(13-14-23-17-10-8-16(22-2)9-11-17)19(21)12-15-24-18-6-4-3-5-7-18/h3-11H,12-15H2,1-2H3. The maximum atomic E-state index is 12.1. The van der Waals surface area contributed by atoms with Crippen LogP contribution >= 0.6 is 11.8 Å². The van der Waals surface area contributed by atoms with Gasteiger partial charge in [-0.3, -0.25) is 4.79 Å². The van der Waals surface area contributed by atoms with E-state index in [4.69, 9.17) is 9.47 Å². The molecule has 2 aromatic rings. The van der Waals surface area contributed by atoms with Gasteiger partial charge in [0.05, 0.1) is 13.7 Å². The third-order valence-corrected chi connectivity index (χ3v) is 4.52. The molecule has 0 N–H and O–H groups in total. The normalized spacial score (nSPS) is 10.2. The topological polar surface area (TPSA) is 38.8 Å². The molecule has 0 aromatic heterocycles. The number of methoxy groups -OCH3 is 1. The zero-order valence-electron chi connectivity index (χ0n) is 14.1. The Morgan fingerprint density at radius 2 is 1.71 bits per heavy atom. The van der Waals surface area contributed by atoms with Crippen molar-refractivity contribution in [1.29, 1.82) is 0 Å². The number of carbonyl (C=O) groups is 1. The lowest BCUT2D eigenvalue weighted by Gasteiger charge is -2.17. The maximum Gasteiger partial charge on any atom is 0.223 e. The monoisotopic (exact) mass is 345 g/mol. The van der Waals surface area contributed by atoms with E-state index in [1.165, 1.54) is 4.90 Å². The van der Waals surface area contributed by atoms with Gasteiger partial charge in [-0.1, -0.05) is 18.2 Å². The molecule has 0 radical (unpaired) electrons. The summed E-state index contributed by atoms with van der Waals surface area (Å²) in [6, 6.07) is 17.5. The molecular formula is C19H23NO3S. The van der Waals surface area contributed by atoms with E-state index < -0.39 is 0 Å². The quantitative estimate of drug-likeness (QED) is 0.650. The SMILES string of the molecule is COc1ccc(OCCN(C)C(=O)CCSc2ccccc2)cc1. The van der Waals surface area contributed by atoms with Crippen LogP contribution in [0.15, 0.2) is 59.5 Å². The number of hydrogen-bond donors (Lipinski definition) is 0. The first-order valence-corrected chi connectivity index (χ1v) is 8.86. The van der Waals surface area contributed by atoms with Crippen LogP contribution in [0.2, 0.25) is 0 Å². The summed E-state index contributed by atoms with van der Waals surface area (Å²) >= 11 is 1.70. The van der Waals surface area contributed by atoms with Crippen molar-refractivity contribution >= 4 is 17.7 Å². The van der Waals surface area contributed by atoms with Gasteiger partial charge in [0, 0.05) is 24.1 Å². The van der Waals surface area contributed by atoms with Crippen molar-refractivity contribution in [3.63, 3.8) is 0 Å². The van der Waals surface area contributed by atoms with Gasteiger partial charge in [-0.2, -0.15) is 0 Å². The molecule has 0 spiro atoms. The molecule has 2 aromatic carbocycles. The maximum absolute atomic E-state index is 12.1. The van der Waals surface area contributed by atoms with Crippen LogP contribution in [0.4, 0.5) is 0 Å². The van der Waals surface area contributed by atoms with Gasteiger partial charge in [-0.25, -0.2) is 0 Å². The molecule has 0 aliphatic carbocycles. The zero-order chi connectivity index (χ0) is 17.2. The summed E-state index contributed by atoms with van der Waals surface area (Å²) in [4.78, 5) is 15.0. The molecule has 1 amide bonds. The van der Waals surface area contributed by atoms with Crippen LogP contribution in [-0.4, -0.2) is 43.9 Å². The van der Waals surface area contributed by atoms with Crippen molar-refractivity contribution in [1.82, 2.24) is 4.90 Å². The molecule has 0 saturated carbocycles. The van der Waals surface area contributed by atoms with Crippen LogP contribution in [0.5, 0.6) is 11.5 Å². The minimum Gasteiger partial charge on any atom is -0.497 e. The number of nitrogens with zero attached hydrogens (tertiary/aromatic N) is 1. The van der Waals surface area contributed by atoms with Gasteiger partial charge >= 0.3 is 0 Å². The van der Waals surface area contributed by atoms with Gasteiger partial charge in [-0.05, 0) is 36.4 Å². The van der Waals surface area contributed by atoms with Crippen LogP contribution in [-0.2, 0) is 4.79 Å². The van der Waals surface area contributed by atoms with Gasteiger partial charge in [-0.15, -0.1) is 11.8 Å². The van der Waals surface area contributed by atoms with Crippen molar-refractivity contribution in [2.24, 2.45) is 0 Å². The van der Waals surface area contributed by atoms with E-state index in [-0.39, 0.29) is 5.91 Å². The molecule has 0 atom stereocenters. The highest BCUT2D eigenvalue weighted by Crippen LogP contribution is 2.18. The Morgan fingerprint density at radius 3 is 2.38 bits per heavy atom. The Hall–Kier alpha value is -2.14. The molecule has 0 bridgehead atoms. The first-order valence-electron chi connectivity index (χ1n) is 7.87. The molecule has 24 heavy (non-hydrogen) atoms. The van der Waals surface area contributed by atoms with E-state index in [0.29, 0.717) is 19.6 Å². The molecule has 5 heteroatoms. The van der Waals surface area contributed by atoms with Crippen LogP contribution in [0.25, 0.3) is 0 Å². The summed E-state index contributed by atoms with van der Waals surface area (Å²) in [6.45, 7) is 1.04. The fourth-order valence-electron chi connectivity index (χ4n) is 2.06. The number of rotatable bonds is 9. The van der Waals surface area contributed by atoms with Gasteiger partial charge in [0.2, 0.25) is 5.91 Å². The van der Waals surface area contributed by atoms with Crippen molar-refractivity contribution in [3.05, 3.63) is 54.6 Å². The molecule has 0 aliphatic rings. The summed E-state index contributed by atoms with van der Waals surface area (Å²) in [6.07, 6.45) is 0.526. The summed E-state index contributed by atoms with van der Waals surface area (Å²) in [7, 11) is 3.44. The Labute approximate surface area is 147 Å². The van der Waals surface area contributed by atoms with E-state index in [0.717, 1.165) is 17.3 Å². The van der Waals surface area contributed by atoms with Crippen molar-refractivity contribution in [2.45, 2.75) is 11.3 Å². The zero-order valence-corrected chi connectivity index (χ0v) is 14.9. The molecule has 0 unspecified atom stereocenters. The highest BCUT2D eigenvalue weighted by atomic mass is 32.2. The van der Waals surface area contributed by atoms with E-state index in [9.17, 15) is 4.79 Å². The van der Waals surface area contributed by atoms with Gasteiger partial charge in [0.15, 0.2) is 0 Å². The molecule has 128 valence electrons. The molecule has 4 nitrogen and oxygen atoms in total. The number of benzene rings is 2. The molecule has 2 rings (SSSR count). The molecule has 0 saturated heterocycles. The summed E-state index contributed by atoms with van der Waals surface area (Å²) in [5, 5.41) is 0. The molecule has 0 fully saturated rings. The second kappa shape index (κ2) is 9.88. The fourth-order valence-corrected chi connectivity index (χ4v) is 2.92. The third kappa shape index (κ3) is 6.16. The van der Waals surface area contributed by atoms with E-state index in [2.05, 4.69) is 12.1 Å². The first-order chi connectivity index (χ1) is 11.7. The molecule has 0 heterocycles. The molecule has 0 aliphatic heterocycles. The van der Waals surface area contributed by atoms with E-state index >= 15 is 0 Å². The van der Waals surface area contributed by atoms with Gasteiger partial charge < -0.3 is 14.4 Å². The Bertz CT molecular complexity index is 616. The predicted molar refractivity (Wildman–Crippen MR) is 97.9 cm³/mol. The van der Waals surface area contributed by atoms with Crippen LogP contribution in [0, 0.1) is 0 Å². The first kappa shape index (κ1) is 18.2. The minimum atomic E-state index is 0.136.